The summed E-state index contributed by atoms with van der Waals surface area (Å²) in [5.74, 6) is 0.610. The summed E-state index contributed by atoms with van der Waals surface area (Å²) in [4.78, 5) is 39.6. The fourth-order valence-electron chi connectivity index (χ4n) is 4.64. The predicted molar refractivity (Wildman–Crippen MR) is 150 cm³/mol. The number of ether oxygens (including phenoxy) is 4. The van der Waals surface area contributed by atoms with Gasteiger partial charge >= 0.3 is 5.97 Å². The Balaban J connectivity index is 1.47. The molecule has 0 N–H and O–H groups in total. The smallest absolute Gasteiger partial charge is 0.336 e. The summed E-state index contributed by atoms with van der Waals surface area (Å²) in [7, 11) is 2.83. The molecular weight excluding hydrogens is 510 g/mol. The summed E-state index contributed by atoms with van der Waals surface area (Å²) in [6.07, 6.45) is 1.47. The lowest BCUT2D eigenvalue weighted by Gasteiger charge is -2.45. The van der Waals surface area contributed by atoms with E-state index < -0.39 is 18.1 Å². The molecule has 0 radical (unpaired) electrons. The minimum atomic E-state index is -0.879. The fourth-order valence-corrected chi connectivity index (χ4v) is 4.64. The second kappa shape index (κ2) is 11.7. The van der Waals surface area contributed by atoms with Gasteiger partial charge in [0.25, 0.3) is 5.91 Å². The van der Waals surface area contributed by atoms with E-state index >= 15 is 0 Å². The van der Waals surface area contributed by atoms with Crippen molar-refractivity contribution in [3.63, 3.8) is 0 Å². The molecule has 40 heavy (non-hydrogen) atoms. The molecule has 1 heterocycles. The molecule has 4 aromatic rings. The van der Waals surface area contributed by atoms with Crippen LogP contribution < -0.4 is 19.1 Å². The number of benzene rings is 4. The lowest BCUT2D eigenvalue weighted by Crippen LogP contribution is -2.67. The first-order chi connectivity index (χ1) is 19.5. The maximum absolute atomic E-state index is 13.3. The summed E-state index contributed by atoms with van der Waals surface area (Å²) in [5.41, 5.74) is 1.17. The minimum Gasteiger partial charge on any atom is -0.497 e. The predicted octanol–water partition coefficient (Wildman–Crippen LogP) is 5.00. The highest BCUT2D eigenvalue weighted by Gasteiger charge is 2.49. The van der Waals surface area contributed by atoms with Crippen molar-refractivity contribution >= 4 is 34.6 Å². The van der Waals surface area contributed by atoms with Crippen LogP contribution in [-0.4, -0.2) is 51.1 Å². The second-order valence-corrected chi connectivity index (χ2v) is 9.04. The highest BCUT2D eigenvalue weighted by Crippen LogP contribution is 2.34. The molecule has 5 rings (SSSR count). The Morgan fingerprint density at radius 3 is 2.30 bits per heavy atom. The molecule has 0 aliphatic carbocycles. The van der Waals surface area contributed by atoms with Crippen molar-refractivity contribution in [3.05, 3.63) is 108 Å². The number of para-hydroxylation sites is 1. The molecule has 0 saturated carbocycles. The highest BCUT2D eigenvalue weighted by atomic mass is 16.5. The summed E-state index contributed by atoms with van der Waals surface area (Å²) < 4.78 is 22.3. The molecule has 8 heteroatoms. The number of amides is 1. The van der Waals surface area contributed by atoms with Crippen LogP contribution in [0.3, 0.4) is 0 Å². The van der Waals surface area contributed by atoms with Crippen molar-refractivity contribution in [2.24, 2.45) is 0 Å². The molecule has 1 aliphatic rings. The lowest BCUT2D eigenvalue weighted by molar-refractivity contribution is -0.137. The number of nitrogens with zero attached hydrogens (tertiary/aromatic N) is 1. The van der Waals surface area contributed by atoms with Crippen LogP contribution in [0.2, 0.25) is 0 Å². The van der Waals surface area contributed by atoms with Crippen LogP contribution in [0.15, 0.2) is 103 Å². The van der Waals surface area contributed by atoms with E-state index in [1.54, 1.807) is 60.6 Å². The fraction of sp³-hybridized carbons (Fsp3) is 0.156. The van der Waals surface area contributed by atoms with Gasteiger partial charge in [-0.05, 0) is 59.3 Å². The molecule has 2 atom stereocenters. The molecule has 0 spiro atoms. The van der Waals surface area contributed by atoms with E-state index in [0.717, 1.165) is 17.1 Å². The number of anilines is 1. The molecule has 0 bridgehead atoms. The molecule has 1 aliphatic heterocycles. The van der Waals surface area contributed by atoms with Crippen molar-refractivity contribution in [2.45, 2.75) is 12.1 Å². The van der Waals surface area contributed by atoms with Gasteiger partial charge in [-0.3, -0.25) is 14.5 Å². The second-order valence-electron chi connectivity index (χ2n) is 9.04. The molecule has 0 aromatic heterocycles. The van der Waals surface area contributed by atoms with Crippen molar-refractivity contribution in [1.29, 1.82) is 0 Å². The number of carbonyl (C=O) groups excluding carboxylic acids is 3. The first kappa shape index (κ1) is 26.5. The van der Waals surface area contributed by atoms with Gasteiger partial charge in [-0.2, -0.15) is 0 Å². The zero-order valence-corrected chi connectivity index (χ0v) is 22.0. The Morgan fingerprint density at radius 1 is 0.875 bits per heavy atom. The van der Waals surface area contributed by atoms with Crippen LogP contribution in [0.1, 0.15) is 10.4 Å². The van der Waals surface area contributed by atoms with Crippen LogP contribution in [-0.2, 0) is 14.3 Å². The molecule has 1 amide bonds. The number of esters is 1. The maximum atomic E-state index is 13.3. The number of β-lactam (4-membered cyclic amide) rings is 1. The Hall–Kier alpha value is -5.11. The molecule has 1 saturated heterocycles. The third-order valence-corrected chi connectivity index (χ3v) is 6.70. The van der Waals surface area contributed by atoms with Crippen LogP contribution in [0, 0.1) is 0 Å². The SMILES string of the molecule is COC(=O)/C(=C\[C@H]1[C@H](Oc2ccccc2)C(=O)N1c1ccc(OC)cc1)COc1ccc2ccccc2c1C=O. The zero-order chi connectivity index (χ0) is 28.1. The number of methoxy groups -OCH3 is 2. The highest BCUT2D eigenvalue weighted by molar-refractivity contribution is 6.06. The minimum absolute atomic E-state index is 0.171. The van der Waals surface area contributed by atoms with E-state index in [9.17, 15) is 14.4 Å². The van der Waals surface area contributed by atoms with Gasteiger partial charge in [0.15, 0.2) is 6.29 Å². The number of hydrogen-bond acceptors (Lipinski definition) is 7. The normalized spacial score (nSPS) is 16.7. The van der Waals surface area contributed by atoms with Crippen molar-refractivity contribution in [2.75, 3.05) is 25.7 Å². The molecule has 1 fully saturated rings. The van der Waals surface area contributed by atoms with Crippen LogP contribution in [0.5, 0.6) is 17.2 Å². The van der Waals surface area contributed by atoms with Gasteiger partial charge in [-0.25, -0.2) is 4.79 Å². The monoisotopic (exact) mass is 537 g/mol. The molecular formula is C32H27NO7. The van der Waals surface area contributed by atoms with Crippen molar-refractivity contribution in [1.82, 2.24) is 0 Å². The van der Waals surface area contributed by atoms with Crippen molar-refractivity contribution in [3.8, 4) is 17.2 Å². The number of aldehydes is 1. The van der Waals surface area contributed by atoms with E-state index in [-0.39, 0.29) is 18.1 Å². The van der Waals surface area contributed by atoms with E-state index in [2.05, 4.69) is 0 Å². The maximum Gasteiger partial charge on any atom is 0.336 e. The Labute approximate surface area is 231 Å². The summed E-state index contributed by atoms with van der Waals surface area (Å²) >= 11 is 0. The Bertz CT molecular complexity index is 1560. The Kier molecular flexibility index (Phi) is 7.77. The first-order valence-electron chi connectivity index (χ1n) is 12.6. The summed E-state index contributed by atoms with van der Waals surface area (Å²) in [6.45, 7) is -0.189. The van der Waals surface area contributed by atoms with Crippen LogP contribution in [0.4, 0.5) is 5.69 Å². The van der Waals surface area contributed by atoms with Crippen LogP contribution in [0.25, 0.3) is 10.8 Å². The molecule has 4 aromatic carbocycles. The number of fused-ring (bicyclic) bond motifs is 1. The van der Waals surface area contributed by atoms with Gasteiger partial charge in [0.1, 0.15) is 29.9 Å². The molecule has 0 unspecified atom stereocenters. The largest absolute Gasteiger partial charge is 0.497 e. The van der Waals surface area contributed by atoms with Gasteiger partial charge in [0.05, 0.1) is 25.4 Å². The quantitative estimate of drug-likeness (QED) is 0.122. The zero-order valence-electron chi connectivity index (χ0n) is 22.0. The van der Waals surface area contributed by atoms with E-state index in [1.165, 1.54) is 7.11 Å². The van der Waals surface area contributed by atoms with E-state index in [1.807, 2.05) is 48.5 Å². The third kappa shape index (κ3) is 5.24. The van der Waals surface area contributed by atoms with E-state index in [0.29, 0.717) is 28.5 Å². The van der Waals surface area contributed by atoms with Gasteiger partial charge < -0.3 is 18.9 Å². The number of carbonyl (C=O) groups is 3. The topological polar surface area (TPSA) is 91.4 Å². The third-order valence-electron chi connectivity index (χ3n) is 6.70. The van der Waals surface area contributed by atoms with Crippen LogP contribution >= 0.6 is 0 Å². The molecule has 8 nitrogen and oxygen atoms in total. The first-order valence-corrected chi connectivity index (χ1v) is 12.6. The van der Waals surface area contributed by atoms with Crippen molar-refractivity contribution < 1.29 is 33.3 Å². The summed E-state index contributed by atoms with van der Waals surface area (Å²) in [6, 6.07) is 26.4. The van der Waals surface area contributed by atoms with Gasteiger partial charge in [0.2, 0.25) is 6.10 Å². The lowest BCUT2D eigenvalue weighted by atomic mass is 9.94. The van der Waals surface area contributed by atoms with E-state index in [4.69, 9.17) is 18.9 Å². The summed E-state index contributed by atoms with van der Waals surface area (Å²) in [5, 5.41) is 1.63. The van der Waals surface area contributed by atoms with Gasteiger partial charge in [-0.1, -0.05) is 48.5 Å². The average Bonchev–Trinajstić information content (AvgIpc) is 3.01. The number of hydrogen-bond donors (Lipinski definition) is 0. The molecule has 202 valence electrons. The number of rotatable bonds is 10. The standard InChI is InChI=1S/C32H27NO7/c1-37-24-15-13-23(14-16-24)33-28(30(31(33)35)40-25-9-4-3-5-10-25)18-22(32(36)38-2)20-39-29-17-12-21-8-6-7-11-26(21)27(29)19-34/h3-19,28,30H,20H2,1-2H3/b22-18-/t28-,30-/m0/s1. The van der Waals surface area contributed by atoms with Gasteiger partial charge in [-0.15, -0.1) is 0 Å². The van der Waals surface area contributed by atoms with Gasteiger partial charge in [0, 0.05) is 5.69 Å². The average molecular weight is 538 g/mol. The Morgan fingerprint density at radius 2 is 1.60 bits per heavy atom.